The minimum absolute atomic E-state index is 0.0493. The van der Waals surface area contributed by atoms with Crippen molar-refractivity contribution in [1.82, 2.24) is 4.90 Å². The summed E-state index contributed by atoms with van der Waals surface area (Å²) in [5, 5.41) is 3.06. The lowest BCUT2D eigenvalue weighted by Crippen LogP contribution is -3.15. The maximum absolute atomic E-state index is 12.4. The first-order chi connectivity index (χ1) is 12.5. The fourth-order valence-corrected chi connectivity index (χ4v) is 3.89. The predicted molar refractivity (Wildman–Crippen MR) is 103 cm³/mol. The van der Waals surface area contributed by atoms with Crippen LogP contribution in [0.3, 0.4) is 0 Å². The fourth-order valence-electron chi connectivity index (χ4n) is 3.89. The van der Waals surface area contributed by atoms with Gasteiger partial charge in [0.25, 0.3) is 5.91 Å². The summed E-state index contributed by atoms with van der Waals surface area (Å²) in [6.07, 6.45) is 7.20. The quantitative estimate of drug-likeness (QED) is 0.782. The Labute approximate surface area is 156 Å². The molecule has 140 valence electrons. The third kappa shape index (κ3) is 4.73. The van der Waals surface area contributed by atoms with E-state index in [1.165, 1.54) is 4.90 Å². The number of benzene rings is 1. The molecule has 2 aliphatic rings. The van der Waals surface area contributed by atoms with E-state index >= 15 is 0 Å². The SMILES string of the molecule is Cc1cccc(C)c1NC(=O)C[NH+]1CCN(C(=O)C[C@H]2C=CCC2)CC1. The van der Waals surface area contributed by atoms with E-state index in [2.05, 4.69) is 17.5 Å². The third-order valence-electron chi connectivity index (χ3n) is 5.53. The van der Waals surface area contributed by atoms with Crippen molar-refractivity contribution in [2.75, 3.05) is 38.0 Å². The molecule has 0 saturated carbocycles. The van der Waals surface area contributed by atoms with E-state index in [0.717, 1.165) is 55.8 Å². The molecule has 0 bridgehead atoms. The van der Waals surface area contributed by atoms with Crippen molar-refractivity contribution in [1.29, 1.82) is 0 Å². The Hall–Kier alpha value is -2.14. The molecular formula is C21H30N3O2+. The predicted octanol–water partition coefficient (Wildman–Crippen LogP) is 1.33. The Morgan fingerprint density at radius 1 is 1.19 bits per heavy atom. The number of quaternary nitrogens is 1. The zero-order valence-electron chi connectivity index (χ0n) is 15.9. The topological polar surface area (TPSA) is 53.9 Å². The summed E-state index contributed by atoms with van der Waals surface area (Å²) in [6, 6.07) is 6.03. The lowest BCUT2D eigenvalue weighted by atomic mass is 10.0. The second-order valence-corrected chi connectivity index (χ2v) is 7.59. The molecule has 0 radical (unpaired) electrons. The van der Waals surface area contributed by atoms with Gasteiger partial charge in [0.1, 0.15) is 0 Å². The molecule has 1 atom stereocenters. The molecule has 0 spiro atoms. The van der Waals surface area contributed by atoms with E-state index in [-0.39, 0.29) is 11.8 Å². The number of carbonyl (C=O) groups is 2. The molecule has 1 aromatic carbocycles. The number of para-hydroxylation sites is 1. The number of rotatable bonds is 5. The summed E-state index contributed by atoms with van der Waals surface area (Å²) in [5.74, 6) is 0.741. The van der Waals surface area contributed by atoms with Gasteiger partial charge >= 0.3 is 0 Å². The Bertz CT molecular complexity index is 670. The zero-order valence-corrected chi connectivity index (χ0v) is 15.9. The molecule has 1 saturated heterocycles. The highest BCUT2D eigenvalue weighted by atomic mass is 16.2. The van der Waals surface area contributed by atoms with Gasteiger partial charge in [-0.05, 0) is 43.7 Å². The maximum atomic E-state index is 12.4. The highest BCUT2D eigenvalue weighted by Crippen LogP contribution is 2.21. The summed E-state index contributed by atoms with van der Waals surface area (Å²) >= 11 is 0. The molecule has 1 aliphatic heterocycles. The smallest absolute Gasteiger partial charge is 0.279 e. The van der Waals surface area contributed by atoms with E-state index in [1.54, 1.807) is 0 Å². The van der Waals surface area contributed by atoms with Crippen LogP contribution in [0.25, 0.3) is 0 Å². The number of amides is 2. The molecule has 2 amide bonds. The number of aryl methyl sites for hydroxylation is 2. The highest BCUT2D eigenvalue weighted by molar-refractivity contribution is 5.93. The van der Waals surface area contributed by atoms with Crippen LogP contribution in [0.4, 0.5) is 5.69 Å². The zero-order chi connectivity index (χ0) is 18.5. The van der Waals surface area contributed by atoms with E-state index < -0.39 is 0 Å². The normalized spacial score (nSPS) is 20.4. The molecule has 26 heavy (non-hydrogen) atoms. The van der Waals surface area contributed by atoms with Gasteiger partial charge in [0, 0.05) is 12.1 Å². The number of hydrogen-bond acceptors (Lipinski definition) is 2. The van der Waals surface area contributed by atoms with Crippen LogP contribution in [0.2, 0.25) is 0 Å². The molecule has 1 aromatic rings. The van der Waals surface area contributed by atoms with Gasteiger partial charge < -0.3 is 15.1 Å². The third-order valence-corrected chi connectivity index (χ3v) is 5.53. The molecule has 0 unspecified atom stereocenters. The van der Waals surface area contributed by atoms with E-state index in [9.17, 15) is 9.59 Å². The van der Waals surface area contributed by atoms with Crippen LogP contribution in [0.5, 0.6) is 0 Å². The van der Waals surface area contributed by atoms with Gasteiger partial charge in [0.15, 0.2) is 6.54 Å². The highest BCUT2D eigenvalue weighted by Gasteiger charge is 2.26. The van der Waals surface area contributed by atoms with E-state index in [4.69, 9.17) is 0 Å². The lowest BCUT2D eigenvalue weighted by Gasteiger charge is -2.32. The van der Waals surface area contributed by atoms with Crippen LogP contribution in [0.1, 0.15) is 30.4 Å². The molecule has 5 heteroatoms. The minimum atomic E-state index is 0.0493. The first-order valence-electron chi connectivity index (χ1n) is 9.67. The van der Waals surface area contributed by atoms with E-state index in [0.29, 0.717) is 18.9 Å². The summed E-state index contributed by atoms with van der Waals surface area (Å²) in [4.78, 5) is 28.0. The standard InChI is InChI=1S/C21H29N3O2/c1-16-6-5-7-17(2)21(16)22-19(25)15-23-10-12-24(13-11-23)20(26)14-18-8-3-4-9-18/h3,5-8,18H,4,9-15H2,1-2H3,(H,22,25)/p+1/t18-/m0/s1. The van der Waals surface area contributed by atoms with Crippen molar-refractivity contribution in [3.63, 3.8) is 0 Å². The van der Waals surface area contributed by atoms with Crippen molar-refractivity contribution in [3.05, 3.63) is 41.5 Å². The number of allylic oxidation sites excluding steroid dienone is 2. The van der Waals surface area contributed by atoms with Gasteiger partial charge in [0.05, 0.1) is 26.2 Å². The maximum Gasteiger partial charge on any atom is 0.279 e. The molecule has 1 fully saturated rings. The van der Waals surface area contributed by atoms with Crippen molar-refractivity contribution in [2.24, 2.45) is 5.92 Å². The number of nitrogens with one attached hydrogen (secondary N) is 2. The van der Waals surface area contributed by atoms with Gasteiger partial charge in [-0.2, -0.15) is 0 Å². The summed E-state index contributed by atoms with van der Waals surface area (Å²) in [7, 11) is 0. The number of carbonyl (C=O) groups excluding carboxylic acids is 2. The number of hydrogen-bond donors (Lipinski definition) is 2. The van der Waals surface area contributed by atoms with Crippen molar-refractivity contribution >= 4 is 17.5 Å². The average molecular weight is 356 g/mol. The molecule has 2 N–H and O–H groups in total. The Morgan fingerprint density at radius 3 is 2.50 bits per heavy atom. The molecule has 5 nitrogen and oxygen atoms in total. The van der Waals surface area contributed by atoms with Crippen molar-refractivity contribution in [3.8, 4) is 0 Å². The molecule has 1 heterocycles. The second kappa shape index (κ2) is 8.49. The van der Waals surface area contributed by atoms with Crippen molar-refractivity contribution < 1.29 is 14.5 Å². The molecule has 0 aromatic heterocycles. The van der Waals surface area contributed by atoms with Crippen LogP contribution >= 0.6 is 0 Å². The van der Waals surface area contributed by atoms with Crippen LogP contribution in [-0.4, -0.2) is 49.4 Å². The lowest BCUT2D eigenvalue weighted by molar-refractivity contribution is -0.895. The van der Waals surface area contributed by atoms with Gasteiger partial charge in [0.2, 0.25) is 5.91 Å². The number of piperazine rings is 1. The summed E-state index contributed by atoms with van der Waals surface area (Å²) in [5.41, 5.74) is 3.10. The number of anilines is 1. The van der Waals surface area contributed by atoms with Crippen LogP contribution in [0.15, 0.2) is 30.4 Å². The summed E-state index contributed by atoms with van der Waals surface area (Å²) in [6.45, 7) is 7.67. The molecular weight excluding hydrogens is 326 g/mol. The van der Waals surface area contributed by atoms with Crippen LogP contribution in [0, 0.1) is 19.8 Å². The van der Waals surface area contributed by atoms with Crippen LogP contribution < -0.4 is 10.2 Å². The van der Waals surface area contributed by atoms with Gasteiger partial charge in [-0.3, -0.25) is 9.59 Å². The first-order valence-corrected chi connectivity index (χ1v) is 9.67. The molecule has 3 rings (SSSR count). The minimum Gasteiger partial charge on any atom is -0.331 e. The monoisotopic (exact) mass is 356 g/mol. The largest absolute Gasteiger partial charge is 0.331 e. The Kier molecular flexibility index (Phi) is 6.09. The van der Waals surface area contributed by atoms with Gasteiger partial charge in [-0.15, -0.1) is 0 Å². The van der Waals surface area contributed by atoms with Crippen LogP contribution in [-0.2, 0) is 9.59 Å². The Morgan fingerprint density at radius 2 is 1.88 bits per heavy atom. The number of nitrogens with zero attached hydrogens (tertiary/aromatic N) is 1. The summed E-state index contributed by atoms with van der Waals surface area (Å²) < 4.78 is 0. The van der Waals surface area contributed by atoms with Crippen molar-refractivity contribution in [2.45, 2.75) is 33.1 Å². The average Bonchev–Trinajstić information content (AvgIpc) is 3.12. The Balaban J connectivity index is 1.44. The first kappa shape index (κ1) is 18.6. The molecule has 1 aliphatic carbocycles. The second-order valence-electron chi connectivity index (χ2n) is 7.59. The van der Waals surface area contributed by atoms with E-state index in [1.807, 2.05) is 36.9 Å². The van der Waals surface area contributed by atoms with Gasteiger partial charge in [-0.25, -0.2) is 0 Å². The van der Waals surface area contributed by atoms with Gasteiger partial charge in [-0.1, -0.05) is 30.4 Å². The fraction of sp³-hybridized carbons (Fsp3) is 0.524.